The number of rotatable bonds is 10. The molecule has 2 atom stereocenters. The molecule has 1 aromatic rings. The predicted octanol–water partition coefficient (Wildman–Crippen LogP) is 8.68. The highest BCUT2D eigenvalue weighted by Gasteiger charge is 2.46. The first-order chi connectivity index (χ1) is 20.5. The number of hydrogen-bond acceptors (Lipinski definition) is 6. The molecule has 46 heavy (non-hydrogen) atoms. The fourth-order valence-corrected chi connectivity index (χ4v) is 7.31. The minimum absolute atomic E-state index is 0.0593. The van der Waals surface area contributed by atoms with Gasteiger partial charge < -0.3 is 14.8 Å². The Balaban J connectivity index is 2.60. The summed E-state index contributed by atoms with van der Waals surface area (Å²) in [5, 5.41) is 3.35. The van der Waals surface area contributed by atoms with Crippen LogP contribution < -0.4 is 5.32 Å². The molecule has 1 saturated heterocycles. The fraction of sp³-hybridized carbons (Fsp3) is 0.800. The fourth-order valence-electron chi connectivity index (χ4n) is 7.31. The Morgan fingerprint density at radius 1 is 0.848 bits per heavy atom. The van der Waals surface area contributed by atoms with Crippen molar-refractivity contribution in [3.63, 3.8) is 0 Å². The van der Waals surface area contributed by atoms with Crippen LogP contribution in [0.25, 0.3) is 0 Å². The SMILES string of the molecule is CNC(C)(C)CC(CC(C)(C)C)OC(=O)C(Cc1cc(C(C)(C)C)c(C)c(C(C)(C)C)c1)C(=O)OC1CC(C)(C)N(C)C(C)(C)C1. The maximum absolute atomic E-state index is 14.3. The topological polar surface area (TPSA) is 67.9 Å². The van der Waals surface area contributed by atoms with Gasteiger partial charge in [0, 0.05) is 35.9 Å². The summed E-state index contributed by atoms with van der Waals surface area (Å²) in [5.41, 5.74) is 3.89. The first-order valence-electron chi connectivity index (χ1n) is 17.5. The molecule has 2 rings (SSSR count). The molecule has 0 bridgehead atoms. The Morgan fingerprint density at radius 3 is 1.70 bits per heavy atom. The Kier molecular flexibility index (Phi) is 12.2. The van der Waals surface area contributed by atoms with Crippen molar-refractivity contribution >= 4 is 11.9 Å². The van der Waals surface area contributed by atoms with Crippen LogP contribution in [0, 0.1) is 18.3 Å². The largest absolute Gasteiger partial charge is 0.462 e. The minimum atomic E-state index is -1.06. The van der Waals surface area contributed by atoms with Crippen molar-refractivity contribution in [2.24, 2.45) is 11.3 Å². The van der Waals surface area contributed by atoms with E-state index in [1.165, 1.54) is 16.7 Å². The summed E-state index contributed by atoms with van der Waals surface area (Å²) < 4.78 is 12.6. The molecule has 0 aliphatic carbocycles. The Hall–Kier alpha value is -1.92. The molecule has 0 radical (unpaired) electrons. The molecule has 0 saturated carbocycles. The van der Waals surface area contributed by atoms with Gasteiger partial charge in [0.1, 0.15) is 12.2 Å². The highest BCUT2D eigenvalue weighted by molar-refractivity contribution is 5.95. The maximum atomic E-state index is 14.3. The lowest BCUT2D eigenvalue weighted by atomic mass is 9.75. The lowest BCUT2D eigenvalue weighted by Crippen LogP contribution is -2.60. The first kappa shape index (κ1) is 40.3. The third kappa shape index (κ3) is 10.8. The predicted molar refractivity (Wildman–Crippen MR) is 193 cm³/mol. The van der Waals surface area contributed by atoms with Crippen molar-refractivity contribution in [1.82, 2.24) is 10.2 Å². The monoisotopic (exact) mass is 643 g/mol. The summed E-state index contributed by atoms with van der Waals surface area (Å²) in [6.07, 6.45) is 2.34. The van der Waals surface area contributed by atoms with Gasteiger partial charge in [-0.05, 0) is 114 Å². The highest BCUT2D eigenvalue weighted by Crippen LogP contribution is 2.39. The van der Waals surface area contributed by atoms with Gasteiger partial charge in [-0.1, -0.05) is 74.4 Å². The van der Waals surface area contributed by atoms with Gasteiger partial charge in [-0.15, -0.1) is 0 Å². The molecule has 0 spiro atoms. The summed E-state index contributed by atoms with van der Waals surface area (Å²) in [7, 11) is 4.06. The second kappa shape index (κ2) is 13.9. The molecule has 1 aliphatic rings. The van der Waals surface area contributed by atoms with Crippen LogP contribution in [0.2, 0.25) is 0 Å². The molecule has 1 fully saturated rings. The second-order valence-electron chi connectivity index (χ2n) is 19.4. The first-order valence-corrected chi connectivity index (χ1v) is 17.5. The third-order valence-corrected chi connectivity index (χ3v) is 10.2. The molecule has 0 aromatic heterocycles. The number of nitrogens with zero attached hydrogens (tertiary/aromatic N) is 1. The van der Waals surface area contributed by atoms with Gasteiger partial charge >= 0.3 is 11.9 Å². The number of hydrogen-bond donors (Lipinski definition) is 1. The molecule has 2 unspecified atom stereocenters. The summed E-state index contributed by atoms with van der Waals surface area (Å²) in [6.45, 7) is 35.0. The zero-order chi connectivity index (χ0) is 35.8. The number of piperidine rings is 1. The smallest absolute Gasteiger partial charge is 0.320 e. The van der Waals surface area contributed by atoms with Crippen molar-refractivity contribution in [3.05, 3.63) is 34.4 Å². The van der Waals surface area contributed by atoms with Crippen LogP contribution in [0.15, 0.2) is 12.1 Å². The van der Waals surface area contributed by atoms with Crippen LogP contribution in [-0.2, 0) is 36.3 Å². The van der Waals surface area contributed by atoms with E-state index >= 15 is 0 Å². The molecule has 264 valence electrons. The van der Waals surface area contributed by atoms with Gasteiger partial charge in [0.2, 0.25) is 0 Å². The summed E-state index contributed by atoms with van der Waals surface area (Å²) in [6, 6.07) is 4.38. The van der Waals surface area contributed by atoms with Gasteiger partial charge in [-0.25, -0.2) is 0 Å². The van der Waals surface area contributed by atoms with E-state index in [2.05, 4.69) is 140 Å². The second-order valence-corrected chi connectivity index (χ2v) is 19.4. The number of esters is 2. The lowest BCUT2D eigenvalue weighted by Gasteiger charge is -2.53. The molecule has 0 amide bonds. The average Bonchev–Trinajstić information content (AvgIpc) is 2.83. The van der Waals surface area contributed by atoms with Gasteiger partial charge in [0.15, 0.2) is 5.92 Å². The molecule has 1 aromatic carbocycles. The van der Waals surface area contributed by atoms with Crippen molar-refractivity contribution in [1.29, 1.82) is 0 Å². The maximum Gasteiger partial charge on any atom is 0.320 e. The summed E-state index contributed by atoms with van der Waals surface area (Å²) in [5.74, 6) is -2.04. The van der Waals surface area contributed by atoms with Crippen molar-refractivity contribution < 1.29 is 19.1 Å². The zero-order valence-electron chi connectivity index (χ0n) is 33.0. The van der Waals surface area contributed by atoms with Gasteiger partial charge in [-0.3, -0.25) is 14.5 Å². The van der Waals surface area contributed by atoms with E-state index < -0.39 is 17.9 Å². The third-order valence-electron chi connectivity index (χ3n) is 10.2. The van der Waals surface area contributed by atoms with Gasteiger partial charge in [0.25, 0.3) is 0 Å². The standard InChI is InChI=1S/C40H70N2O4/c1-26-31(36(5,6)7)20-27(21-32(26)37(8,9)10)19-30(33(43)45-28(22-35(2,3)4)23-38(11,12)41-17)34(44)46-29-24-39(13,14)42(18)40(15,16)25-29/h20-21,28-30,41H,19,22-25H2,1-18H3. The van der Waals surface area contributed by atoms with Crippen LogP contribution in [0.4, 0.5) is 0 Å². The Bertz CT molecular complexity index is 1170. The van der Waals surface area contributed by atoms with E-state index in [0.717, 1.165) is 5.56 Å². The number of nitrogens with one attached hydrogen (secondary N) is 1. The molecule has 6 heteroatoms. The molecule has 1 heterocycles. The highest BCUT2D eigenvalue weighted by atomic mass is 16.6. The van der Waals surface area contributed by atoms with Crippen LogP contribution >= 0.6 is 0 Å². The van der Waals surface area contributed by atoms with Crippen LogP contribution in [0.1, 0.15) is 152 Å². The molecule has 1 N–H and O–H groups in total. The molecular weight excluding hydrogens is 572 g/mol. The van der Waals surface area contributed by atoms with Crippen LogP contribution in [0.3, 0.4) is 0 Å². The quantitative estimate of drug-likeness (QED) is 0.204. The Labute approximate surface area is 283 Å². The lowest BCUT2D eigenvalue weighted by molar-refractivity contribution is -0.174. The average molecular weight is 643 g/mol. The number of likely N-dealkylation sites (tertiary alicyclic amines) is 1. The van der Waals surface area contributed by atoms with E-state index in [9.17, 15) is 9.59 Å². The van der Waals surface area contributed by atoms with Crippen molar-refractivity contribution in [2.45, 2.75) is 183 Å². The number of carbonyl (C=O) groups is 2. The van der Waals surface area contributed by atoms with E-state index in [1.807, 2.05) is 7.05 Å². The van der Waals surface area contributed by atoms with E-state index in [-0.39, 0.29) is 51.5 Å². The number of benzene rings is 1. The van der Waals surface area contributed by atoms with Gasteiger partial charge in [0.05, 0.1) is 0 Å². The van der Waals surface area contributed by atoms with Crippen molar-refractivity contribution in [3.8, 4) is 0 Å². The van der Waals surface area contributed by atoms with Crippen LogP contribution in [-0.4, -0.2) is 59.8 Å². The number of carbonyl (C=O) groups excluding carboxylic acids is 2. The van der Waals surface area contributed by atoms with Gasteiger partial charge in [-0.2, -0.15) is 0 Å². The van der Waals surface area contributed by atoms with Crippen LogP contribution in [0.5, 0.6) is 0 Å². The van der Waals surface area contributed by atoms with E-state index in [0.29, 0.717) is 25.7 Å². The van der Waals surface area contributed by atoms with E-state index in [4.69, 9.17) is 9.47 Å². The summed E-state index contributed by atoms with van der Waals surface area (Å²) in [4.78, 5) is 30.9. The molecular formula is C40H70N2O4. The van der Waals surface area contributed by atoms with E-state index in [1.54, 1.807) is 0 Å². The number of ether oxygens (including phenoxy) is 2. The summed E-state index contributed by atoms with van der Waals surface area (Å²) >= 11 is 0. The van der Waals surface area contributed by atoms with Crippen molar-refractivity contribution in [2.75, 3.05) is 14.1 Å². The Morgan fingerprint density at radius 2 is 1.30 bits per heavy atom. The molecule has 1 aliphatic heterocycles. The normalized spacial score (nSPS) is 19.4. The zero-order valence-corrected chi connectivity index (χ0v) is 33.0. The minimum Gasteiger partial charge on any atom is -0.462 e. The molecule has 6 nitrogen and oxygen atoms in total.